The fourth-order valence-corrected chi connectivity index (χ4v) is 2.23. The first-order valence-electron chi connectivity index (χ1n) is 6.75. The minimum atomic E-state index is -0.347. The molecule has 2 rings (SSSR count). The van der Waals surface area contributed by atoms with E-state index in [2.05, 4.69) is 10.5 Å². The van der Waals surface area contributed by atoms with Gasteiger partial charge < -0.3 is 4.52 Å². The van der Waals surface area contributed by atoms with Crippen molar-refractivity contribution in [3.05, 3.63) is 45.6 Å². The van der Waals surface area contributed by atoms with Gasteiger partial charge in [0.15, 0.2) is 0 Å². The zero-order chi connectivity index (χ0) is 16.3. The van der Waals surface area contributed by atoms with Gasteiger partial charge in [0.05, 0.1) is 21.8 Å². The Kier molecular flexibility index (Phi) is 5.45. The predicted octanol–water partition coefficient (Wildman–Crippen LogP) is 3.75. The van der Waals surface area contributed by atoms with Crippen LogP contribution in [-0.2, 0) is 11.3 Å². The highest BCUT2D eigenvalue weighted by molar-refractivity contribution is 6.42. The summed E-state index contributed by atoms with van der Waals surface area (Å²) in [5, 5.41) is 7.44. The summed E-state index contributed by atoms with van der Waals surface area (Å²) in [6.45, 7) is 4.18. The lowest BCUT2D eigenvalue weighted by molar-refractivity contribution is -0.120. The molecule has 1 atom stereocenters. The Labute approximate surface area is 139 Å². The van der Waals surface area contributed by atoms with Crippen molar-refractivity contribution < 1.29 is 9.32 Å². The van der Waals surface area contributed by atoms with Crippen molar-refractivity contribution in [2.45, 2.75) is 26.4 Å². The number of hydrogen-bond acceptors (Lipinski definition) is 4. The highest BCUT2D eigenvalue weighted by atomic mass is 35.5. The van der Waals surface area contributed by atoms with Crippen LogP contribution in [0.3, 0.4) is 0 Å². The maximum Gasteiger partial charge on any atom is 0.243 e. The molecule has 1 N–H and O–H groups in total. The number of rotatable bonds is 5. The van der Waals surface area contributed by atoms with Crippen molar-refractivity contribution in [1.82, 2.24) is 10.1 Å². The number of hydrogen-bond donors (Lipinski definition) is 1. The lowest BCUT2D eigenvalue weighted by Crippen LogP contribution is -2.39. The molecular formula is C15H17Cl2N3O2. The van der Waals surface area contributed by atoms with E-state index in [0.29, 0.717) is 28.2 Å². The zero-order valence-electron chi connectivity index (χ0n) is 12.6. The molecule has 0 unspecified atom stereocenters. The van der Waals surface area contributed by atoms with E-state index >= 15 is 0 Å². The third-order valence-electron chi connectivity index (χ3n) is 3.33. The van der Waals surface area contributed by atoms with Gasteiger partial charge in [-0.2, -0.15) is 0 Å². The van der Waals surface area contributed by atoms with Gasteiger partial charge in [-0.1, -0.05) is 34.4 Å². The van der Waals surface area contributed by atoms with Crippen molar-refractivity contribution in [2.24, 2.45) is 0 Å². The second-order valence-electron chi connectivity index (χ2n) is 5.16. The van der Waals surface area contributed by atoms with Gasteiger partial charge in [0.25, 0.3) is 0 Å². The van der Waals surface area contributed by atoms with Gasteiger partial charge in [0.2, 0.25) is 11.8 Å². The Hall–Kier alpha value is -1.56. The quantitative estimate of drug-likeness (QED) is 0.899. The summed E-state index contributed by atoms with van der Waals surface area (Å²) in [6.07, 6.45) is 0. The number of anilines is 1. The van der Waals surface area contributed by atoms with Crippen LogP contribution in [0.25, 0.3) is 0 Å². The normalized spacial score (nSPS) is 12.5. The van der Waals surface area contributed by atoms with Crippen LogP contribution >= 0.6 is 23.2 Å². The minimum Gasteiger partial charge on any atom is -0.338 e. The average molecular weight is 342 g/mol. The molecule has 118 valence electrons. The molecule has 0 fully saturated rings. The fraction of sp³-hybridized carbons (Fsp3) is 0.333. The van der Waals surface area contributed by atoms with E-state index < -0.39 is 0 Å². The first kappa shape index (κ1) is 16.8. The highest BCUT2D eigenvalue weighted by Gasteiger charge is 2.19. The van der Waals surface area contributed by atoms with Crippen LogP contribution < -0.4 is 5.32 Å². The Morgan fingerprint density at radius 2 is 2.09 bits per heavy atom. The number of amides is 1. The van der Waals surface area contributed by atoms with E-state index in [0.717, 1.165) is 5.56 Å². The van der Waals surface area contributed by atoms with Gasteiger partial charge in [-0.05, 0) is 38.6 Å². The molecule has 0 saturated carbocycles. The predicted molar refractivity (Wildman–Crippen MR) is 87.3 cm³/mol. The second kappa shape index (κ2) is 7.13. The standard InChI is InChI=1S/C15H17Cl2N3O2/c1-9-6-14(22-19-9)18-15(21)10(2)20(3)8-11-4-5-12(16)13(17)7-11/h4-7,10H,8H2,1-3H3,(H,18,21)/t10-/m0/s1. The van der Waals surface area contributed by atoms with Gasteiger partial charge in [0, 0.05) is 12.6 Å². The van der Waals surface area contributed by atoms with E-state index in [1.807, 2.05) is 24.9 Å². The molecule has 1 aromatic carbocycles. The molecule has 2 aromatic rings. The minimum absolute atomic E-state index is 0.168. The molecule has 0 aliphatic rings. The second-order valence-corrected chi connectivity index (χ2v) is 5.98. The molecule has 0 aliphatic heterocycles. The summed E-state index contributed by atoms with van der Waals surface area (Å²) in [6, 6.07) is 6.75. The fourth-order valence-electron chi connectivity index (χ4n) is 1.91. The van der Waals surface area contributed by atoms with Gasteiger partial charge >= 0.3 is 0 Å². The summed E-state index contributed by atoms with van der Waals surface area (Å²) in [5.74, 6) is 0.177. The Morgan fingerprint density at radius 1 is 1.36 bits per heavy atom. The molecule has 0 saturated heterocycles. The molecule has 5 nitrogen and oxygen atoms in total. The largest absolute Gasteiger partial charge is 0.338 e. The average Bonchev–Trinajstić information content (AvgIpc) is 2.87. The van der Waals surface area contributed by atoms with E-state index in [1.54, 1.807) is 25.1 Å². The first-order chi connectivity index (χ1) is 10.4. The van der Waals surface area contributed by atoms with Gasteiger partial charge in [0.1, 0.15) is 0 Å². The number of nitrogens with zero attached hydrogens (tertiary/aromatic N) is 2. The molecule has 0 aliphatic carbocycles. The maximum absolute atomic E-state index is 12.2. The molecule has 0 spiro atoms. The lowest BCUT2D eigenvalue weighted by Gasteiger charge is -2.23. The maximum atomic E-state index is 12.2. The Bertz CT molecular complexity index is 673. The van der Waals surface area contributed by atoms with Crippen LogP contribution in [0.4, 0.5) is 5.88 Å². The van der Waals surface area contributed by atoms with E-state index in [-0.39, 0.29) is 11.9 Å². The highest BCUT2D eigenvalue weighted by Crippen LogP contribution is 2.23. The summed E-state index contributed by atoms with van der Waals surface area (Å²) >= 11 is 11.9. The molecule has 0 bridgehead atoms. The lowest BCUT2D eigenvalue weighted by atomic mass is 10.2. The van der Waals surface area contributed by atoms with Gasteiger partial charge in [-0.3, -0.25) is 15.0 Å². The van der Waals surface area contributed by atoms with Crippen molar-refractivity contribution in [2.75, 3.05) is 12.4 Å². The van der Waals surface area contributed by atoms with Crippen LogP contribution in [0, 0.1) is 6.92 Å². The van der Waals surface area contributed by atoms with Crippen molar-refractivity contribution >= 4 is 35.0 Å². The molecule has 7 heteroatoms. The number of benzene rings is 1. The summed E-state index contributed by atoms with van der Waals surface area (Å²) in [5.41, 5.74) is 1.69. The zero-order valence-corrected chi connectivity index (χ0v) is 14.1. The first-order valence-corrected chi connectivity index (χ1v) is 7.50. The smallest absolute Gasteiger partial charge is 0.243 e. The van der Waals surface area contributed by atoms with Crippen LogP contribution in [0.1, 0.15) is 18.2 Å². The molecule has 22 heavy (non-hydrogen) atoms. The molecule has 1 heterocycles. The number of aromatic nitrogens is 1. The summed E-state index contributed by atoms with van der Waals surface area (Å²) in [4.78, 5) is 14.1. The number of nitrogens with one attached hydrogen (secondary N) is 1. The molecular weight excluding hydrogens is 325 g/mol. The number of aryl methyl sites for hydroxylation is 1. The topological polar surface area (TPSA) is 58.4 Å². The van der Waals surface area contributed by atoms with Crippen LogP contribution in [0.2, 0.25) is 10.0 Å². The van der Waals surface area contributed by atoms with Crippen LogP contribution in [0.15, 0.2) is 28.8 Å². The Balaban J connectivity index is 1.97. The molecule has 0 radical (unpaired) electrons. The monoisotopic (exact) mass is 341 g/mol. The van der Waals surface area contributed by atoms with E-state index in [1.165, 1.54) is 0 Å². The summed E-state index contributed by atoms with van der Waals surface area (Å²) < 4.78 is 4.98. The van der Waals surface area contributed by atoms with Crippen molar-refractivity contribution in [3.63, 3.8) is 0 Å². The van der Waals surface area contributed by atoms with Crippen LogP contribution in [0.5, 0.6) is 0 Å². The number of halogens is 2. The van der Waals surface area contributed by atoms with E-state index in [9.17, 15) is 4.79 Å². The number of likely N-dealkylation sites (N-methyl/N-ethyl adjacent to an activating group) is 1. The van der Waals surface area contributed by atoms with Gasteiger partial charge in [-0.15, -0.1) is 0 Å². The number of carbonyl (C=O) groups excluding carboxylic acids is 1. The van der Waals surface area contributed by atoms with Crippen molar-refractivity contribution in [1.29, 1.82) is 0 Å². The van der Waals surface area contributed by atoms with E-state index in [4.69, 9.17) is 27.7 Å². The Morgan fingerprint density at radius 3 is 2.68 bits per heavy atom. The van der Waals surface area contributed by atoms with Crippen molar-refractivity contribution in [3.8, 4) is 0 Å². The van der Waals surface area contributed by atoms with Crippen LogP contribution in [-0.4, -0.2) is 29.1 Å². The number of carbonyl (C=O) groups is 1. The third-order valence-corrected chi connectivity index (χ3v) is 4.07. The molecule has 1 amide bonds. The van der Waals surface area contributed by atoms with Gasteiger partial charge in [-0.25, -0.2) is 0 Å². The SMILES string of the molecule is Cc1cc(NC(=O)[C@H](C)N(C)Cc2ccc(Cl)c(Cl)c2)on1. The third kappa shape index (κ3) is 4.22. The summed E-state index contributed by atoms with van der Waals surface area (Å²) in [7, 11) is 1.86. The molecule has 1 aromatic heterocycles.